The summed E-state index contributed by atoms with van der Waals surface area (Å²) in [5, 5.41) is -0.00106. The van der Waals surface area contributed by atoms with Crippen LogP contribution in [0.25, 0.3) is 0 Å². The molecule has 0 saturated carbocycles. The van der Waals surface area contributed by atoms with Crippen LogP contribution in [-0.4, -0.2) is 24.6 Å². The van der Waals surface area contributed by atoms with Gasteiger partial charge in [0.2, 0.25) is 5.29 Å². The molecule has 1 aromatic rings. The molecule has 16 heavy (non-hydrogen) atoms. The molecule has 0 unspecified atom stereocenters. The molecule has 0 bridgehead atoms. The Morgan fingerprint density at radius 1 is 1.44 bits per heavy atom. The average Bonchev–Trinajstić information content (AvgIpc) is 2.19. The van der Waals surface area contributed by atoms with Crippen molar-refractivity contribution >= 4 is 32.6 Å². The maximum Gasteiger partial charge on any atom is 0.268 e. The molecule has 0 spiro atoms. The Kier molecular flexibility index (Phi) is 2.67. The molecule has 1 aromatic carbocycles. The predicted molar refractivity (Wildman–Crippen MR) is 63.7 cm³/mol. The van der Waals surface area contributed by atoms with Crippen molar-refractivity contribution in [2.75, 3.05) is 6.54 Å². The molecule has 0 fully saturated rings. The molecule has 4 nitrogen and oxygen atoms in total. The van der Waals surface area contributed by atoms with Gasteiger partial charge in [-0.2, -0.15) is 0 Å². The van der Waals surface area contributed by atoms with Crippen LogP contribution in [0.3, 0.4) is 0 Å². The SMILES string of the molecule is CCN1C(Cl)=Nc2ccc(C)cc2S1(=O)=O. The highest BCUT2D eigenvalue weighted by molar-refractivity contribution is 7.90. The van der Waals surface area contributed by atoms with E-state index in [1.807, 2.05) is 13.0 Å². The van der Waals surface area contributed by atoms with E-state index in [1.165, 1.54) is 0 Å². The fourth-order valence-corrected chi connectivity index (χ4v) is 3.61. The number of sulfonamides is 1. The van der Waals surface area contributed by atoms with Crippen molar-refractivity contribution < 1.29 is 8.42 Å². The zero-order valence-electron chi connectivity index (χ0n) is 8.94. The highest BCUT2D eigenvalue weighted by Gasteiger charge is 2.32. The van der Waals surface area contributed by atoms with E-state index in [0.29, 0.717) is 5.69 Å². The number of benzene rings is 1. The predicted octanol–water partition coefficient (Wildman–Crippen LogP) is 2.25. The van der Waals surface area contributed by atoms with Gasteiger partial charge >= 0.3 is 0 Å². The van der Waals surface area contributed by atoms with Gasteiger partial charge in [-0.3, -0.25) is 0 Å². The minimum absolute atomic E-state index is 0.00106. The van der Waals surface area contributed by atoms with Crippen molar-refractivity contribution in [3.8, 4) is 0 Å². The van der Waals surface area contributed by atoms with Gasteiger partial charge in [0.1, 0.15) is 4.90 Å². The van der Waals surface area contributed by atoms with E-state index in [9.17, 15) is 8.42 Å². The van der Waals surface area contributed by atoms with Crippen LogP contribution in [0.1, 0.15) is 12.5 Å². The van der Waals surface area contributed by atoms with Gasteiger partial charge in [0, 0.05) is 6.54 Å². The fourth-order valence-electron chi connectivity index (χ4n) is 1.59. The normalized spacial score (nSPS) is 17.9. The molecule has 6 heteroatoms. The van der Waals surface area contributed by atoms with E-state index in [2.05, 4.69) is 4.99 Å². The number of hydrogen-bond donors (Lipinski definition) is 0. The van der Waals surface area contributed by atoms with Crippen molar-refractivity contribution in [2.24, 2.45) is 4.99 Å². The highest BCUT2D eigenvalue weighted by atomic mass is 35.5. The molecule has 0 N–H and O–H groups in total. The first-order valence-corrected chi connectivity index (χ1v) is 6.66. The lowest BCUT2D eigenvalue weighted by Gasteiger charge is -2.25. The Morgan fingerprint density at radius 3 is 2.75 bits per heavy atom. The quantitative estimate of drug-likeness (QED) is 0.726. The van der Waals surface area contributed by atoms with Crippen LogP contribution < -0.4 is 0 Å². The largest absolute Gasteiger partial charge is 0.268 e. The molecule has 0 amide bonds. The Morgan fingerprint density at radius 2 is 2.12 bits per heavy atom. The lowest BCUT2D eigenvalue weighted by Crippen LogP contribution is -2.36. The van der Waals surface area contributed by atoms with Crippen molar-refractivity contribution in [1.82, 2.24) is 4.31 Å². The molecule has 0 atom stereocenters. The van der Waals surface area contributed by atoms with Crippen molar-refractivity contribution in [3.63, 3.8) is 0 Å². The van der Waals surface area contributed by atoms with Gasteiger partial charge in [-0.1, -0.05) is 6.07 Å². The molecular formula is C10H11ClN2O2S. The molecule has 1 aliphatic heterocycles. The molecular weight excluding hydrogens is 248 g/mol. The molecule has 2 rings (SSSR count). The molecule has 0 radical (unpaired) electrons. The standard InChI is InChI=1S/C10H11ClN2O2S/c1-3-13-10(11)12-8-5-4-7(2)6-9(8)16(13,14)15/h4-6H,3H2,1-2H3. The summed E-state index contributed by atoms with van der Waals surface area (Å²) < 4.78 is 25.4. The van der Waals surface area contributed by atoms with E-state index in [0.717, 1.165) is 9.87 Å². The number of hydrogen-bond acceptors (Lipinski definition) is 3. The van der Waals surface area contributed by atoms with Crippen LogP contribution in [0.4, 0.5) is 5.69 Å². The van der Waals surface area contributed by atoms with Crippen LogP contribution in [0, 0.1) is 6.92 Å². The van der Waals surface area contributed by atoms with Gasteiger partial charge in [-0.05, 0) is 43.1 Å². The summed E-state index contributed by atoms with van der Waals surface area (Å²) in [6.45, 7) is 3.83. The molecule has 1 aliphatic rings. The number of aliphatic imine (C=N–C) groups is 1. The summed E-state index contributed by atoms with van der Waals surface area (Å²) in [7, 11) is -3.53. The van der Waals surface area contributed by atoms with Gasteiger partial charge < -0.3 is 0 Å². The molecule has 0 saturated heterocycles. The minimum atomic E-state index is -3.53. The zero-order chi connectivity index (χ0) is 11.9. The van der Waals surface area contributed by atoms with Crippen LogP contribution in [0.15, 0.2) is 28.1 Å². The maximum absolute atomic E-state index is 12.2. The minimum Gasteiger partial charge on any atom is -0.240 e. The van der Waals surface area contributed by atoms with Gasteiger partial charge in [-0.25, -0.2) is 17.7 Å². The first-order valence-electron chi connectivity index (χ1n) is 4.84. The molecule has 86 valence electrons. The molecule has 0 aliphatic carbocycles. The van der Waals surface area contributed by atoms with E-state index < -0.39 is 10.0 Å². The summed E-state index contributed by atoms with van der Waals surface area (Å²) in [6, 6.07) is 5.08. The summed E-state index contributed by atoms with van der Waals surface area (Å²) in [4.78, 5) is 4.28. The lowest BCUT2D eigenvalue weighted by atomic mass is 10.2. The summed E-state index contributed by atoms with van der Waals surface area (Å²) >= 11 is 5.83. The summed E-state index contributed by atoms with van der Waals surface area (Å²) in [5.41, 5.74) is 1.28. The van der Waals surface area contributed by atoms with E-state index in [1.54, 1.807) is 19.1 Å². The van der Waals surface area contributed by atoms with Crippen LogP contribution in [0.2, 0.25) is 0 Å². The van der Waals surface area contributed by atoms with E-state index in [4.69, 9.17) is 11.6 Å². The second-order valence-corrected chi connectivity index (χ2v) is 5.69. The van der Waals surface area contributed by atoms with Gasteiger partial charge in [0.05, 0.1) is 5.69 Å². The number of aryl methyl sites for hydroxylation is 1. The fraction of sp³-hybridized carbons (Fsp3) is 0.300. The number of fused-ring (bicyclic) bond motifs is 1. The molecule has 1 heterocycles. The first kappa shape index (κ1) is 11.4. The lowest BCUT2D eigenvalue weighted by molar-refractivity contribution is 0.532. The topological polar surface area (TPSA) is 49.7 Å². The van der Waals surface area contributed by atoms with Crippen molar-refractivity contribution in [1.29, 1.82) is 0 Å². The van der Waals surface area contributed by atoms with Gasteiger partial charge in [0.15, 0.2) is 0 Å². The van der Waals surface area contributed by atoms with Crippen LogP contribution in [-0.2, 0) is 10.0 Å². The third-order valence-electron chi connectivity index (χ3n) is 2.39. The van der Waals surface area contributed by atoms with Gasteiger partial charge in [0.25, 0.3) is 10.0 Å². The third-order valence-corrected chi connectivity index (χ3v) is 4.67. The summed E-state index contributed by atoms with van der Waals surface area (Å²) in [6.07, 6.45) is 0. The number of nitrogens with zero attached hydrogens (tertiary/aromatic N) is 2. The second-order valence-electron chi connectivity index (χ2n) is 3.52. The van der Waals surface area contributed by atoms with Crippen molar-refractivity contribution in [2.45, 2.75) is 18.7 Å². The monoisotopic (exact) mass is 258 g/mol. The average molecular weight is 259 g/mol. The number of amidine groups is 1. The van der Waals surface area contributed by atoms with E-state index >= 15 is 0 Å². The van der Waals surface area contributed by atoms with Crippen LogP contribution in [0.5, 0.6) is 0 Å². The Labute approximate surface area is 99.6 Å². The van der Waals surface area contributed by atoms with Crippen LogP contribution >= 0.6 is 11.6 Å². The zero-order valence-corrected chi connectivity index (χ0v) is 10.5. The highest BCUT2D eigenvalue weighted by Crippen LogP contribution is 2.33. The van der Waals surface area contributed by atoms with E-state index in [-0.39, 0.29) is 16.7 Å². The van der Waals surface area contributed by atoms with Gasteiger partial charge in [-0.15, -0.1) is 0 Å². The first-order chi connectivity index (χ1) is 7.46. The second kappa shape index (κ2) is 3.75. The smallest absolute Gasteiger partial charge is 0.240 e. The number of rotatable bonds is 1. The molecule has 0 aromatic heterocycles. The Balaban J connectivity index is 2.74. The maximum atomic E-state index is 12.2. The third kappa shape index (κ3) is 1.60. The summed E-state index contributed by atoms with van der Waals surface area (Å²) in [5.74, 6) is 0. The Bertz CT molecular complexity index is 566. The van der Waals surface area contributed by atoms with Crippen molar-refractivity contribution in [3.05, 3.63) is 23.8 Å². The Hall–Kier alpha value is -1.07. The number of halogens is 1.